The Morgan fingerprint density at radius 2 is 1.84 bits per heavy atom. The van der Waals surface area contributed by atoms with E-state index < -0.39 is 6.10 Å². The van der Waals surface area contributed by atoms with E-state index in [1.807, 2.05) is 24.3 Å². The molecule has 0 aromatic heterocycles. The van der Waals surface area contributed by atoms with Crippen molar-refractivity contribution in [1.82, 2.24) is 0 Å². The molecule has 1 aliphatic carbocycles. The van der Waals surface area contributed by atoms with Crippen molar-refractivity contribution in [2.45, 2.75) is 44.8 Å². The third-order valence-corrected chi connectivity index (χ3v) is 4.44. The zero-order valence-electron chi connectivity index (χ0n) is 11.8. The molecule has 1 atom stereocenters. The number of hydrogen-bond acceptors (Lipinski definition) is 3. The zero-order chi connectivity index (χ0) is 13.7. The Bertz CT molecular complexity index is 382. The van der Waals surface area contributed by atoms with E-state index in [9.17, 15) is 5.11 Å². The third kappa shape index (κ3) is 3.16. The minimum absolute atomic E-state index is 0.124. The van der Waals surface area contributed by atoms with Crippen LogP contribution < -0.4 is 5.73 Å². The van der Waals surface area contributed by atoms with Gasteiger partial charge in [-0.3, -0.25) is 0 Å². The zero-order valence-corrected chi connectivity index (χ0v) is 11.8. The van der Waals surface area contributed by atoms with E-state index in [1.54, 1.807) is 7.11 Å². The molecule has 1 fully saturated rings. The first-order chi connectivity index (χ1) is 9.22. The molecule has 0 saturated heterocycles. The Kier molecular flexibility index (Phi) is 4.97. The molecule has 3 N–H and O–H groups in total. The Morgan fingerprint density at radius 1 is 1.21 bits per heavy atom. The summed E-state index contributed by atoms with van der Waals surface area (Å²) in [4.78, 5) is 0. The number of aliphatic hydroxyl groups excluding tert-OH is 1. The molecule has 2 rings (SSSR count). The van der Waals surface area contributed by atoms with Crippen LogP contribution in [0, 0.1) is 5.41 Å². The van der Waals surface area contributed by atoms with Crippen molar-refractivity contribution in [3.63, 3.8) is 0 Å². The lowest BCUT2D eigenvalue weighted by Crippen LogP contribution is -2.38. The molecule has 1 aromatic carbocycles. The molecule has 19 heavy (non-hydrogen) atoms. The molecule has 0 spiro atoms. The van der Waals surface area contributed by atoms with Gasteiger partial charge in [0.05, 0.1) is 12.7 Å². The van der Waals surface area contributed by atoms with Crippen LogP contribution in [0.5, 0.6) is 0 Å². The van der Waals surface area contributed by atoms with Gasteiger partial charge in [0.1, 0.15) is 0 Å². The van der Waals surface area contributed by atoms with Crippen LogP contribution >= 0.6 is 0 Å². The lowest BCUT2D eigenvalue weighted by atomic mass is 9.68. The molecular formula is C16H25NO2. The molecular weight excluding hydrogens is 238 g/mol. The van der Waals surface area contributed by atoms with Gasteiger partial charge in [-0.2, -0.15) is 0 Å². The maximum Gasteiger partial charge on any atom is 0.0858 e. The number of aliphatic hydroxyl groups is 1. The Hall–Kier alpha value is -0.900. The highest BCUT2D eigenvalue weighted by atomic mass is 16.5. The van der Waals surface area contributed by atoms with Gasteiger partial charge in [0.25, 0.3) is 0 Å². The summed E-state index contributed by atoms with van der Waals surface area (Å²) in [5, 5.41) is 10.7. The van der Waals surface area contributed by atoms with E-state index in [-0.39, 0.29) is 5.41 Å². The van der Waals surface area contributed by atoms with Crippen molar-refractivity contribution in [1.29, 1.82) is 0 Å². The summed E-state index contributed by atoms with van der Waals surface area (Å²) < 4.78 is 5.10. The van der Waals surface area contributed by atoms with Crippen LogP contribution in [-0.4, -0.2) is 18.8 Å². The van der Waals surface area contributed by atoms with Gasteiger partial charge in [-0.05, 0) is 24.0 Å². The van der Waals surface area contributed by atoms with Crippen LogP contribution in [0.15, 0.2) is 24.3 Å². The lowest BCUT2D eigenvalue weighted by Gasteiger charge is -2.40. The fourth-order valence-corrected chi connectivity index (χ4v) is 3.16. The van der Waals surface area contributed by atoms with Gasteiger partial charge in [0.2, 0.25) is 0 Å². The van der Waals surface area contributed by atoms with Crippen LogP contribution in [0.25, 0.3) is 0 Å². The molecule has 0 amide bonds. The average Bonchev–Trinajstić information content (AvgIpc) is 2.48. The second-order valence-electron chi connectivity index (χ2n) is 5.70. The summed E-state index contributed by atoms with van der Waals surface area (Å²) in [7, 11) is 1.69. The highest BCUT2D eigenvalue weighted by Crippen LogP contribution is 2.45. The molecule has 0 heterocycles. The van der Waals surface area contributed by atoms with E-state index in [0.717, 1.165) is 24.0 Å². The smallest absolute Gasteiger partial charge is 0.0858 e. The van der Waals surface area contributed by atoms with Crippen LogP contribution in [0.1, 0.15) is 49.3 Å². The topological polar surface area (TPSA) is 55.5 Å². The highest BCUT2D eigenvalue weighted by Gasteiger charge is 2.38. The number of methoxy groups -OCH3 is 1. The van der Waals surface area contributed by atoms with E-state index >= 15 is 0 Å². The first-order valence-corrected chi connectivity index (χ1v) is 7.18. The first-order valence-electron chi connectivity index (χ1n) is 7.18. The fourth-order valence-electron chi connectivity index (χ4n) is 3.16. The van der Waals surface area contributed by atoms with Crippen LogP contribution in [0.4, 0.5) is 0 Å². The Labute approximate surface area is 115 Å². The lowest BCUT2D eigenvalue weighted by molar-refractivity contribution is 0.000672. The van der Waals surface area contributed by atoms with Crippen molar-refractivity contribution in [3.8, 4) is 0 Å². The average molecular weight is 263 g/mol. The monoisotopic (exact) mass is 263 g/mol. The quantitative estimate of drug-likeness (QED) is 0.859. The summed E-state index contributed by atoms with van der Waals surface area (Å²) in [6.45, 7) is 1.17. The molecule has 1 aliphatic rings. The molecule has 3 nitrogen and oxygen atoms in total. The van der Waals surface area contributed by atoms with Crippen LogP contribution in [0.3, 0.4) is 0 Å². The molecule has 0 radical (unpaired) electrons. The van der Waals surface area contributed by atoms with Gasteiger partial charge in [-0.25, -0.2) is 0 Å². The third-order valence-electron chi connectivity index (χ3n) is 4.44. The molecule has 3 heteroatoms. The second-order valence-corrected chi connectivity index (χ2v) is 5.70. The summed E-state index contributed by atoms with van der Waals surface area (Å²) in [6.07, 6.45) is 5.23. The Morgan fingerprint density at radius 3 is 2.37 bits per heavy atom. The predicted octanol–water partition coefficient (Wildman–Crippen LogP) is 2.78. The van der Waals surface area contributed by atoms with Crippen molar-refractivity contribution < 1.29 is 9.84 Å². The standard InChI is InChI=1S/C16H25NO2/c1-19-11-13-5-7-14(8-6-13)15(18)16(12-17)9-3-2-4-10-16/h5-8,15,18H,2-4,9-12,17H2,1H3. The van der Waals surface area contributed by atoms with E-state index in [2.05, 4.69) is 0 Å². The molecule has 1 saturated carbocycles. The molecule has 1 aromatic rings. The van der Waals surface area contributed by atoms with Crippen molar-refractivity contribution in [3.05, 3.63) is 35.4 Å². The van der Waals surface area contributed by atoms with Crippen molar-refractivity contribution in [2.24, 2.45) is 11.1 Å². The molecule has 0 bridgehead atoms. The molecule has 0 aliphatic heterocycles. The minimum Gasteiger partial charge on any atom is -0.388 e. The van der Waals surface area contributed by atoms with Gasteiger partial charge in [-0.15, -0.1) is 0 Å². The largest absolute Gasteiger partial charge is 0.388 e. The maximum absolute atomic E-state index is 10.7. The van der Waals surface area contributed by atoms with Gasteiger partial charge >= 0.3 is 0 Å². The second kappa shape index (κ2) is 6.51. The molecule has 106 valence electrons. The van der Waals surface area contributed by atoms with E-state index in [0.29, 0.717) is 13.2 Å². The maximum atomic E-state index is 10.7. The number of benzene rings is 1. The van der Waals surface area contributed by atoms with Gasteiger partial charge in [0, 0.05) is 19.1 Å². The van der Waals surface area contributed by atoms with Crippen LogP contribution in [0.2, 0.25) is 0 Å². The molecule has 1 unspecified atom stereocenters. The van der Waals surface area contributed by atoms with Crippen molar-refractivity contribution in [2.75, 3.05) is 13.7 Å². The summed E-state index contributed by atoms with van der Waals surface area (Å²) in [6, 6.07) is 8.06. The van der Waals surface area contributed by atoms with E-state index in [1.165, 1.54) is 19.3 Å². The predicted molar refractivity (Wildman–Crippen MR) is 76.7 cm³/mol. The number of ether oxygens (including phenoxy) is 1. The van der Waals surface area contributed by atoms with Crippen molar-refractivity contribution >= 4 is 0 Å². The van der Waals surface area contributed by atoms with E-state index in [4.69, 9.17) is 10.5 Å². The highest BCUT2D eigenvalue weighted by molar-refractivity contribution is 5.25. The first kappa shape index (κ1) is 14.5. The number of hydrogen-bond donors (Lipinski definition) is 2. The SMILES string of the molecule is COCc1ccc(C(O)C2(CN)CCCCC2)cc1. The summed E-state index contributed by atoms with van der Waals surface area (Å²) in [5.41, 5.74) is 7.96. The van der Waals surface area contributed by atoms with Gasteiger partial charge in [0.15, 0.2) is 0 Å². The summed E-state index contributed by atoms with van der Waals surface area (Å²) >= 11 is 0. The summed E-state index contributed by atoms with van der Waals surface area (Å²) in [5.74, 6) is 0. The van der Waals surface area contributed by atoms with Gasteiger partial charge < -0.3 is 15.6 Å². The normalized spacial score (nSPS) is 20.2. The number of rotatable bonds is 5. The minimum atomic E-state index is -0.450. The van der Waals surface area contributed by atoms with Crippen LogP contribution in [-0.2, 0) is 11.3 Å². The fraction of sp³-hybridized carbons (Fsp3) is 0.625. The Balaban J connectivity index is 2.14. The number of nitrogens with two attached hydrogens (primary N) is 1. The van der Waals surface area contributed by atoms with Gasteiger partial charge in [-0.1, -0.05) is 43.5 Å².